The maximum absolute atomic E-state index is 13.2. The van der Waals surface area contributed by atoms with Crippen molar-refractivity contribution in [3.63, 3.8) is 0 Å². The predicted octanol–water partition coefficient (Wildman–Crippen LogP) is 1.45. The van der Waals surface area contributed by atoms with Gasteiger partial charge in [-0.15, -0.1) is 0 Å². The maximum atomic E-state index is 13.2. The number of piperidine rings is 1. The fraction of sp³-hybridized carbons (Fsp3) is 0.360. The highest BCUT2D eigenvalue weighted by molar-refractivity contribution is 6.24. The van der Waals surface area contributed by atoms with Gasteiger partial charge in [0.2, 0.25) is 11.8 Å². The molecule has 3 aliphatic heterocycles. The van der Waals surface area contributed by atoms with Gasteiger partial charge in [0, 0.05) is 26.1 Å². The average Bonchev–Trinajstić information content (AvgIpc) is 3.43. The molecule has 2 saturated heterocycles. The first-order chi connectivity index (χ1) is 16.0. The molecule has 0 saturated carbocycles. The molecule has 0 aliphatic carbocycles. The van der Waals surface area contributed by atoms with E-state index in [2.05, 4.69) is 40.2 Å². The van der Waals surface area contributed by atoms with Crippen LogP contribution in [0.2, 0.25) is 0 Å². The van der Waals surface area contributed by atoms with Crippen LogP contribution in [0, 0.1) is 0 Å². The zero-order valence-electron chi connectivity index (χ0n) is 18.2. The van der Waals surface area contributed by atoms with Crippen molar-refractivity contribution < 1.29 is 19.2 Å². The topological polar surface area (TPSA) is 108 Å². The molecule has 2 atom stereocenters. The zero-order chi connectivity index (χ0) is 22.9. The fourth-order valence-corrected chi connectivity index (χ4v) is 4.92. The molecular weight excluding hydrogens is 420 g/mol. The standard InChI is InChI=1S/C25H26N4O4/c30-21-9-8-20(23(31)28-21)29-24(32)19-3-1-2-18(22(19)25(29)33)14-27-12-15-4-6-16(7-5-15)17-10-11-26-13-17/h1-7,17,20,26-27H,8-14H2,(H,28,30,31). The van der Waals surface area contributed by atoms with E-state index in [1.807, 2.05) is 6.07 Å². The monoisotopic (exact) mass is 446 g/mol. The van der Waals surface area contributed by atoms with Crippen LogP contribution in [0.4, 0.5) is 0 Å². The third kappa shape index (κ3) is 4.07. The minimum absolute atomic E-state index is 0.105. The maximum Gasteiger partial charge on any atom is 0.262 e. The van der Waals surface area contributed by atoms with Gasteiger partial charge in [-0.3, -0.25) is 29.4 Å². The minimum Gasteiger partial charge on any atom is -0.316 e. The van der Waals surface area contributed by atoms with Crippen molar-refractivity contribution in [3.8, 4) is 0 Å². The number of imide groups is 2. The zero-order valence-corrected chi connectivity index (χ0v) is 18.2. The van der Waals surface area contributed by atoms with E-state index in [-0.39, 0.29) is 18.7 Å². The Labute approximate surface area is 191 Å². The summed E-state index contributed by atoms with van der Waals surface area (Å²) < 4.78 is 0. The highest BCUT2D eigenvalue weighted by atomic mass is 16.2. The molecule has 170 valence electrons. The predicted molar refractivity (Wildman–Crippen MR) is 120 cm³/mol. The lowest BCUT2D eigenvalue weighted by Gasteiger charge is -2.27. The highest BCUT2D eigenvalue weighted by Gasteiger charge is 2.45. The number of benzene rings is 2. The van der Waals surface area contributed by atoms with Crippen LogP contribution >= 0.6 is 0 Å². The summed E-state index contributed by atoms with van der Waals surface area (Å²) in [6.45, 7) is 3.14. The number of hydrogen-bond donors (Lipinski definition) is 3. The second-order valence-electron chi connectivity index (χ2n) is 8.82. The molecule has 5 rings (SSSR count). The second kappa shape index (κ2) is 8.88. The Bertz CT molecular complexity index is 1120. The second-order valence-corrected chi connectivity index (χ2v) is 8.82. The molecule has 4 amide bonds. The molecule has 2 unspecified atom stereocenters. The Morgan fingerprint density at radius 2 is 1.76 bits per heavy atom. The first-order valence-electron chi connectivity index (χ1n) is 11.4. The summed E-state index contributed by atoms with van der Waals surface area (Å²) in [5.41, 5.74) is 3.85. The summed E-state index contributed by atoms with van der Waals surface area (Å²) in [6.07, 6.45) is 1.42. The molecule has 8 heteroatoms. The van der Waals surface area contributed by atoms with Gasteiger partial charge in [0.1, 0.15) is 6.04 Å². The van der Waals surface area contributed by atoms with Crippen LogP contribution in [-0.4, -0.2) is 47.7 Å². The molecule has 8 nitrogen and oxygen atoms in total. The molecule has 3 heterocycles. The van der Waals surface area contributed by atoms with Crippen molar-refractivity contribution in [3.05, 3.63) is 70.3 Å². The number of carbonyl (C=O) groups excluding carboxylic acids is 4. The van der Waals surface area contributed by atoms with E-state index in [1.54, 1.807) is 12.1 Å². The summed E-state index contributed by atoms with van der Waals surface area (Å²) in [5, 5.41) is 8.97. The van der Waals surface area contributed by atoms with Crippen molar-refractivity contribution in [2.45, 2.75) is 44.3 Å². The third-order valence-corrected chi connectivity index (χ3v) is 6.71. The normalized spacial score (nSPS) is 22.6. The van der Waals surface area contributed by atoms with E-state index < -0.39 is 23.8 Å². The molecular formula is C25H26N4O4. The SMILES string of the molecule is O=C1CCC(N2C(=O)c3cccc(CNCc4ccc(C5CCNC5)cc4)c3C2=O)C(=O)N1. The Morgan fingerprint density at radius 3 is 2.48 bits per heavy atom. The van der Waals surface area contributed by atoms with Gasteiger partial charge in [-0.05, 0) is 48.1 Å². The van der Waals surface area contributed by atoms with Gasteiger partial charge in [0.25, 0.3) is 11.8 Å². The summed E-state index contributed by atoms with van der Waals surface area (Å²) in [6, 6.07) is 12.8. The van der Waals surface area contributed by atoms with Gasteiger partial charge in [-0.1, -0.05) is 36.4 Å². The Morgan fingerprint density at radius 1 is 0.939 bits per heavy atom. The Kier molecular flexibility index (Phi) is 5.78. The molecule has 2 fully saturated rings. The van der Waals surface area contributed by atoms with Crippen molar-refractivity contribution in [2.24, 2.45) is 0 Å². The number of carbonyl (C=O) groups is 4. The van der Waals surface area contributed by atoms with Crippen LogP contribution in [0.1, 0.15) is 62.6 Å². The van der Waals surface area contributed by atoms with Gasteiger partial charge in [-0.25, -0.2) is 0 Å². The van der Waals surface area contributed by atoms with E-state index >= 15 is 0 Å². The Balaban J connectivity index is 1.26. The molecule has 0 aromatic heterocycles. The van der Waals surface area contributed by atoms with Gasteiger partial charge < -0.3 is 10.6 Å². The number of hydrogen-bond acceptors (Lipinski definition) is 6. The van der Waals surface area contributed by atoms with E-state index in [0.717, 1.165) is 23.6 Å². The number of rotatable bonds is 6. The van der Waals surface area contributed by atoms with Crippen LogP contribution in [0.3, 0.4) is 0 Å². The highest BCUT2D eigenvalue weighted by Crippen LogP contribution is 2.30. The summed E-state index contributed by atoms with van der Waals surface area (Å²) in [4.78, 5) is 50.8. The number of nitrogens with one attached hydrogen (secondary N) is 3. The van der Waals surface area contributed by atoms with E-state index in [4.69, 9.17) is 0 Å². The van der Waals surface area contributed by atoms with Crippen molar-refractivity contribution in [1.29, 1.82) is 0 Å². The first kappa shape index (κ1) is 21.5. The van der Waals surface area contributed by atoms with Crippen LogP contribution in [0.5, 0.6) is 0 Å². The molecule has 3 aliphatic rings. The molecule has 0 radical (unpaired) electrons. The van der Waals surface area contributed by atoms with E-state index in [9.17, 15) is 19.2 Å². The molecule has 0 spiro atoms. The summed E-state index contributed by atoms with van der Waals surface area (Å²) in [5.74, 6) is -1.36. The van der Waals surface area contributed by atoms with Crippen LogP contribution in [0.25, 0.3) is 0 Å². The lowest BCUT2D eigenvalue weighted by Crippen LogP contribution is -2.54. The molecule has 33 heavy (non-hydrogen) atoms. The molecule has 2 aromatic carbocycles. The number of fused-ring (bicyclic) bond motifs is 1. The lowest BCUT2D eigenvalue weighted by atomic mass is 9.97. The van der Waals surface area contributed by atoms with Crippen molar-refractivity contribution in [2.75, 3.05) is 13.1 Å². The van der Waals surface area contributed by atoms with E-state index in [1.165, 1.54) is 12.0 Å². The van der Waals surface area contributed by atoms with Gasteiger partial charge in [0.05, 0.1) is 11.1 Å². The van der Waals surface area contributed by atoms with Crippen LogP contribution < -0.4 is 16.0 Å². The smallest absolute Gasteiger partial charge is 0.262 e. The van der Waals surface area contributed by atoms with Gasteiger partial charge >= 0.3 is 0 Å². The lowest BCUT2D eigenvalue weighted by molar-refractivity contribution is -0.136. The van der Waals surface area contributed by atoms with Gasteiger partial charge in [-0.2, -0.15) is 0 Å². The molecule has 2 aromatic rings. The van der Waals surface area contributed by atoms with Gasteiger partial charge in [0.15, 0.2) is 0 Å². The average molecular weight is 447 g/mol. The minimum atomic E-state index is -0.954. The molecule has 0 bridgehead atoms. The Hall–Kier alpha value is -3.36. The summed E-state index contributed by atoms with van der Waals surface area (Å²) >= 11 is 0. The third-order valence-electron chi connectivity index (χ3n) is 6.71. The quantitative estimate of drug-likeness (QED) is 0.580. The largest absolute Gasteiger partial charge is 0.316 e. The molecule has 3 N–H and O–H groups in total. The van der Waals surface area contributed by atoms with Crippen molar-refractivity contribution >= 4 is 23.6 Å². The van der Waals surface area contributed by atoms with Crippen LogP contribution in [-0.2, 0) is 22.7 Å². The van der Waals surface area contributed by atoms with Crippen molar-refractivity contribution in [1.82, 2.24) is 20.9 Å². The number of amides is 4. The number of nitrogens with zero attached hydrogens (tertiary/aromatic N) is 1. The first-order valence-corrected chi connectivity index (χ1v) is 11.4. The van der Waals surface area contributed by atoms with Crippen LogP contribution in [0.15, 0.2) is 42.5 Å². The van der Waals surface area contributed by atoms with E-state index in [0.29, 0.717) is 35.7 Å². The fourth-order valence-electron chi connectivity index (χ4n) is 4.92. The summed E-state index contributed by atoms with van der Waals surface area (Å²) in [7, 11) is 0.